The van der Waals surface area contributed by atoms with E-state index >= 15 is 0 Å². The summed E-state index contributed by atoms with van der Waals surface area (Å²) in [6.07, 6.45) is 6.73. The van der Waals surface area contributed by atoms with Crippen molar-refractivity contribution in [2.45, 2.75) is 52.0 Å². The molecule has 0 radical (unpaired) electrons. The predicted octanol–water partition coefficient (Wildman–Crippen LogP) is 6.48. The highest BCUT2D eigenvalue weighted by atomic mass is 16.5. The zero-order chi connectivity index (χ0) is 29.3. The van der Waals surface area contributed by atoms with Gasteiger partial charge in [-0.25, -0.2) is 19.7 Å². The molecule has 6 rings (SSSR count). The van der Waals surface area contributed by atoms with Crippen molar-refractivity contribution in [3.8, 4) is 22.9 Å². The molecule has 4 aromatic rings. The molecule has 216 valence electrons. The van der Waals surface area contributed by atoms with Crippen LogP contribution in [-0.2, 0) is 4.79 Å². The first-order valence-corrected chi connectivity index (χ1v) is 14.3. The molecule has 0 unspecified atom stereocenters. The van der Waals surface area contributed by atoms with Gasteiger partial charge in [0.15, 0.2) is 0 Å². The van der Waals surface area contributed by atoms with Gasteiger partial charge in [0.05, 0.1) is 11.3 Å². The molecular weight excluding hydrogens is 532 g/mol. The molecule has 2 aromatic heterocycles. The maximum absolute atomic E-state index is 12.8. The summed E-state index contributed by atoms with van der Waals surface area (Å²) < 4.78 is 6.51. The molecule has 2 aromatic carbocycles. The molecule has 10 heteroatoms. The van der Waals surface area contributed by atoms with Crippen molar-refractivity contribution in [3.05, 3.63) is 66.5 Å². The summed E-state index contributed by atoms with van der Waals surface area (Å²) in [5, 5.41) is 17.5. The van der Waals surface area contributed by atoms with Crippen molar-refractivity contribution < 1.29 is 19.4 Å². The van der Waals surface area contributed by atoms with Gasteiger partial charge in [0.2, 0.25) is 17.7 Å². The Morgan fingerprint density at radius 1 is 1.07 bits per heavy atom. The van der Waals surface area contributed by atoms with E-state index in [0.29, 0.717) is 48.3 Å². The number of carboxylic acid groups (broad SMARTS) is 1. The van der Waals surface area contributed by atoms with Gasteiger partial charge >= 0.3 is 6.09 Å². The van der Waals surface area contributed by atoms with Gasteiger partial charge < -0.3 is 25.4 Å². The number of fused-ring (bicyclic) bond motifs is 1. The highest BCUT2D eigenvalue weighted by Crippen LogP contribution is 2.48. The van der Waals surface area contributed by atoms with Gasteiger partial charge in [-0.15, -0.1) is 0 Å². The first kappa shape index (κ1) is 27.4. The van der Waals surface area contributed by atoms with Crippen LogP contribution in [0.5, 0.6) is 11.6 Å². The van der Waals surface area contributed by atoms with Crippen molar-refractivity contribution in [2.75, 3.05) is 23.7 Å². The second-order valence-electron chi connectivity index (χ2n) is 11.6. The molecule has 42 heavy (non-hydrogen) atoms. The lowest BCUT2D eigenvalue weighted by Gasteiger charge is -2.31. The molecule has 1 aliphatic carbocycles. The zero-order valence-corrected chi connectivity index (χ0v) is 23.8. The second-order valence-corrected chi connectivity index (χ2v) is 11.6. The highest BCUT2D eigenvalue weighted by molar-refractivity contribution is 6.04. The number of amides is 2. The molecule has 1 atom stereocenters. The minimum atomic E-state index is -0.917. The number of carbonyl (C=O) groups is 2. The zero-order valence-electron chi connectivity index (χ0n) is 23.8. The normalized spacial score (nSPS) is 17.5. The third-order valence-corrected chi connectivity index (χ3v) is 8.10. The highest BCUT2D eigenvalue weighted by Gasteiger charge is 2.39. The Morgan fingerprint density at radius 2 is 1.93 bits per heavy atom. The number of nitrogens with one attached hydrogen (secondary N) is 2. The molecule has 0 bridgehead atoms. The maximum atomic E-state index is 12.8. The SMILES string of the molecule is Cc1ccc2c(NC(=O)CC3(C)CC3)cccc2c1Oc1ncccc1-c1ccnc(N[C@H]2CCCN(C(=O)O)C2)n1. The third kappa shape index (κ3) is 5.97. The number of anilines is 2. The topological polar surface area (TPSA) is 130 Å². The Morgan fingerprint density at radius 3 is 2.74 bits per heavy atom. The Labute approximate surface area is 244 Å². The average molecular weight is 567 g/mol. The van der Waals surface area contributed by atoms with Crippen LogP contribution in [0.4, 0.5) is 16.4 Å². The van der Waals surface area contributed by atoms with Gasteiger partial charge in [-0.3, -0.25) is 4.79 Å². The summed E-state index contributed by atoms with van der Waals surface area (Å²) in [6, 6.07) is 15.2. The van der Waals surface area contributed by atoms with Crippen molar-refractivity contribution in [1.29, 1.82) is 0 Å². The van der Waals surface area contributed by atoms with Crippen LogP contribution < -0.4 is 15.4 Å². The van der Waals surface area contributed by atoms with Crippen LogP contribution in [0.2, 0.25) is 0 Å². The molecule has 2 amide bonds. The van der Waals surface area contributed by atoms with E-state index in [-0.39, 0.29) is 17.4 Å². The minimum Gasteiger partial charge on any atom is -0.465 e. The van der Waals surface area contributed by atoms with Crippen LogP contribution in [-0.4, -0.2) is 56.1 Å². The molecule has 1 aliphatic heterocycles. The number of piperidine rings is 1. The lowest BCUT2D eigenvalue weighted by Crippen LogP contribution is -2.44. The Kier molecular flexibility index (Phi) is 7.36. The fraction of sp³-hybridized carbons (Fsp3) is 0.344. The molecule has 3 heterocycles. The molecule has 2 fully saturated rings. The Hall–Kier alpha value is -4.73. The summed E-state index contributed by atoms with van der Waals surface area (Å²) >= 11 is 0. The summed E-state index contributed by atoms with van der Waals surface area (Å²) in [5.74, 6) is 1.49. The largest absolute Gasteiger partial charge is 0.465 e. The molecule has 2 aliphatic rings. The number of hydrogen-bond donors (Lipinski definition) is 3. The fourth-order valence-electron chi connectivity index (χ4n) is 5.45. The number of carbonyl (C=O) groups excluding carboxylic acids is 1. The van der Waals surface area contributed by atoms with Gasteiger partial charge in [0.25, 0.3) is 0 Å². The molecular formula is C32H34N6O4. The number of pyridine rings is 1. The molecule has 1 saturated heterocycles. The smallest absolute Gasteiger partial charge is 0.407 e. The first-order valence-electron chi connectivity index (χ1n) is 14.3. The Balaban J connectivity index is 1.27. The van der Waals surface area contributed by atoms with Crippen molar-refractivity contribution in [2.24, 2.45) is 5.41 Å². The molecule has 3 N–H and O–H groups in total. The predicted molar refractivity (Wildman–Crippen MR) is 161 cm³/mol. The van der Waals surface area contributed by atoms with E-state index in [9.17, 15) is 14.7 Å². The second kappa shape index (κ2) is 11.3. The lowest BCUT2D eigenvalue weighted by atomic mass is 10.0. The third-order valence-electron chi connectivity index (χ3n) is 8.10. The molecule has 10 nitrogen and oxygen atoms in total. The molecule has 1 saturated carbocycles. The van der Waals surface area contributed by atoms with Crippen LogP contribution in [0, 0.1) is 12.3 Å². The number of aryl methyl sites for hydroxylation is 1. The lowest BCUT2D eigenvalue weighted by molar-refractivity contribution is -0.117. The van der Waals surface area contributed by atoms with Crippen molar-refractivity contribution >= 4 is 34.4 Å². The summed E-state index contributed by atoms with van der Waals surface area (Å²) in [7, 11) is 0. The summed E-state index contributed by atoms with van der Waals surface area (Å²) in [5.41, 5.74) is 3.13. The van der Waals surface area contributed by atoms with Gasteiger partial charge in [-0.2, -0.15) is 0 Å². The van der Waals surface area contributed by atoms with E-state index in [1.165, 1.54) is 4.90 Å². The van der Waals surface area contributed by atoms with E-state index in [1.807, 2.05) is 49.4 Å². The van der Waals surface area contributed by atoms with Crippen LogP contribution in [0.25, 0.3) is 22.0 Å². The van der Waals surface area contributed by atoms with Crippen molar-refractivity contribution in [3.63, 3.8) is 0 Å². The Bertz CT molecular complexity index is 1650. The van der Waals surface area contributed by atoms with Crippen LogP contribution in [0.1, 0.15) is 44.6 Å². The number of ether oxygens (including phenoxy) is 1. The number of hydrogen-bond acceptors (Lipinski definition) is 7. The van der Waals surface area contributed by atoms with Gasteiger partial charge in [0, 0.05) is 54.4 Å². The van der Waals surface area contributed by atoms with Crippen LogP contribution in [0.3, 0.4) is 0 Å². The number of benzene rings is 2. The van der Waals surface area contributed by atoms with Crippen LogP contribution in [0.15, 0.2) is 60.9 Å². The number of likely N-dealkylation sites (tertiary alicyclic amines) is 1. The molecule has 0 spiro atoms. The summed E-state index contributed by atoms with van der Waals surface area (Å²) in [4.78, 5) is 39.2. The van der Waals surface area contributed by atoms with Crippen LogP contribution >= 0.6 is 0 Å². The van der Waals surface area contributed by atoms with E-state index in [2.05, 4.69) is 27.5 Å². The van der Waals surface area contributed by atoms with E-state index in [4.69, 9.17) is 9.72 Å². The first-order chi connectivity index (χ1) is 20.3. The number of aromatic nitrogens is 3. The maximum Gasteiger partial charge on any atom is 0.407 e. The van der Waals surface area contributed by atoms with E-state index in [0.717, 1.165) is 47.7 Å². The number of nitrogens with zero attached hydrogens (tertiary/aromatic N) is 4. The van der Waals surface area contributed by atoms with E-state index in [1.54, 1.807) is 18.5 Å². The minimum absolute atomic E-state index is 0.0228. The number of rotatable bonds is 8. The van der Waals surface area contributed by atoms with E-state index < -0.39 is 6.09 Å². The van der Waals surface area contributed by atoms with Gasteiger partial charge in [-0.05, 0) is 67.9 Å². The van der Waals surface area contributed by atoms with Gasteiger partial charge in [-0.1, -0.05) is 31.2 Å². The standard InChI is InChI=1S/C32H34N6O4/c1-20-10-11-22-23(7-3-9-25(22)36-27(39)18-32(2)13-14-32)28(20)42-29-24(8-4-15-33-29)26-12-16-34-30(37-26)35-21-6-5-17-38(19-21)31(40)41/h3-4,7-12,15-16,21H,5-6,13-14,17-19H2,1-2H3,(H,36,39)(H,40,41)(H,34,35,37)/t21-/m0/s1. The summed E-state index contributed by atoms with van der Waals surface area (Å²) in [6.45, 7) is 5.04. The van der Waals surface area contributed by atoms with Gasteiger partial charge in [0.1, 0.15) is 5.75 Å². The average Bonchev–Trinajstić information content (AvgIpc) is 3.71. The fourth-order valence-corrected chi connectivity index (χ4v) is 5.45. The monoisotopic (exact) mass is 566 g/mol. The van der Waals surface area contributed by atoms with Crippen molar-refractivity contribution in [1.82, 2.24) is 19.9 Å². The quantitative estimate of drug-likeness (QED) is 0.221.